The van der Waals surface area contributed by atoms with Crippen LogP contribution in [-0.2, 0) is 11.3 Å². The second kappa shape index (κ2) is 7.35. The lowest BCUT2D eigenvalue weighted by molar-refractivity contribution is -0.129. The van der Waals surface area contributed by atoms with Crippen LogP contribution in [0.25, 0.3) is 0 Å². The Bertz CT molecular complexity index is 452. The van der Waals surface area contributed by atoms with Crippen molar-refractivity contribution in [1.29, 1.82) is 0 Å². The van der Waals surface area contributed by atoms with Gasteiger partial charge in [-0.1, -0.05) is 49.6 Å². The minimum Gasteiger partial charge on any atom is -0.335 e. The van der Waals surface area contributed by atoms with Gasteiger partial charge in [0.1, 0.15) is 0 Å². The van der Waals surface area contributed by atoms with Gasteiger partial charge in [0.15, 0.2) is 0 Å². The van der Waals surface area contributed by atoms with E-state index < -0.39 is 0 Å². The molecule has 3 heteroatoms. The summed E-state index contributed by atoms with van der Waals surface area (Å²) in [5.74, 6) is 1.02. The highest BCUT2D eigenvalue weighted by molar-refractivity contribution is 8.00. The summed E-state index contributed by atoms with van der Waals surface area (Å²) in [7, 11) is 0. The Balaban J connectivity index is 1.52. The third-order valence-corrected chi connectivity index (χ3v) is 5.85. The first-order valence-corrected chi connectivity index (χ1v) is 9.33. The van der Waals surface area contributed by atoms with Crippen LogP contribution >= 0.6 is 11.8 Å². The van der Waals surface area contributed by atoms with Crippen molar-refractivity contribution in [3.8, 4) is 0 Å². The van der Waals surface area contributed by atoms with E-state index in [0.29, 0.717) is 17.7 Å². The molecule has 2 aliphatic rings. The molecule has 0 radical (unpaired) electrons. The Hall–Kier alpha value is -0.960. The van der Waals surface area contributed by atoms with Crippen LogP contribution in [0.2, 0.25) is 0 Å². The molecular formula is C18H25NOS. The molecule has 0 atom stereocenters. The van der Waals surface area contributed by atoms with Crippen molar-refractivity contribution in [3.05, 3.63) is 35.9 Å². The lowest BCUT2D eigenvalue weighted by Gasteiger charge is -2.25. The van der Waals surface area contributed by atoms with Gasteiger partial charge < -0.3 is 4.90 Å². The molecule has 0 N–H and O–H groups in total. The number of carbonyl (C=O) groups is 1. The summed E-state index contributed by atoms with van der Waals surface area (Å²) in [5.41, 5.74) is 1.25. The van der Waals surface area contributed by atoms with E-state index in [4.69, 9.17) is 0 Å². The van der Waals surface area contributed by atoms with Crippen LogP contribution in [0.15, 0.2) is 30.3 Å². The van der Waals surface area contributed by atoms with Gasteiger partial charge in [-0.05, 0) is 31.2 Å². The average Bonchev–Trinajstić information content (AvgIpc) is 3.37. The number of hydrogen-bond donors (Lipinski definition) is 0. The summed E-state index contributed by atoms with van der Waals surface area (Å²) < 4.78 is 0. The van der Waals surface area contributed by atoms with Crippen molar-refractivity contribution >= 4 is 17.7 Å². The molecule has 2 nitrogen and oxygen atoms in total. The second-order valence-electron chi connectivity index (χ2n) is 6.31. The highest BCUT2D eigenvalue weighted by atomic mass is 32.2. The molecular weight excluding hydrogens is 278 g/mol. The van der Waals surface area contributed by atoms with E-state index in [0.717, 1.165) is 11.8 Å². The van der Waals surface area contributed by atoms with E-state index in [2.05, 4.69) is 29.2 Å². The SMILES string of the molecule is O=C(CSC1CCCCC1)N(Cc1ccccc1)C1CC1. The van der Waals surface area contributed by atoms with Gasteiger partial charge in [-0.25, -0.2) is 0 Å². The van der Waals surface area contributed by atoms with E-state index in [1.807, 2.05) is 17.8 Å². The number of amides is 1. The molecule has 2 saturated carbocycles. The van der Waals surface area contributed by atoms with Gasteiger partial charge in [0, 0.05) is 17.8 Å². The summed E-state index contributed by atoms with van der Waals surface area (Å²) >= 11 is 1.90. The molecule has 0 saturated heterocycles. The number of carbonyl (C=O) groups excluding carboxylic acids is 1. The topological polar surface area (TPSA) is 20.3 Å². The molecule has 2 fully saturated rings. The van der Waals surface area contributed by atoms with E-state index in [1.54, 1.807) is 0 Å². The molecule has 2 aliphatic carbocycles. The number of hydrogen-bond acceptors (Lipinski definition) is 2. The Kier molecular flexibility index (Phi) is 5.23. The zero-order chi connectivity index (χ0) is 14.5. The maximum Gasteiger partial charge on any atom is 0.233 e. The molecule has 0 unspecified atom stereocenters. The number of nitrogens with zero attached hydrogens (tertiary/aromatic N) is 1. The fraction of sp³-hybridized carbons (Fsp3) is 0.611. The summed E-state index contributed by atoms with van der Waals surface area (Å²) in [5, 5.41) is 0.723. The maximum absolute atomic E-state index is 12.6. The van der Waals surface area contributed by atoms with Crippen LogP contribution in [0.1, 0.15) is 50.5 Å². The molecule has 21 heavy (non-hydrogen) atoms. The zero-order valence-corrected chi connectivity index (χ0v) is 13.5. The Morgan fingerprint density at radius 3 is 2.43 bits per heavy atom. The van der Waals surface area contributed by atoms with Crippen molar-refractivity contribution in [2.75, 3.05) is 5.75 Å². The van der Waals surface area contributed by atoms with Crippen LogP contribution in [0.5, 0.6) is 0 Å². The third-order valence-electron chi connectivity index (χ3n) is 4.50. The van der Waals surface area contributed by atoms with E-state index in [-0.39, 0.29) is 0 Å². The zero-order valence-electron chi connectivity index (χ0n) is 12.7. The normalized spacial score (nSPS) is 19.4. The van der Waals surface area contributed by atoms with Gasteiger partial charge >= 0.3 is 0 Å². The first-order valence-electron chi connectivity index (χ1n) is 8.28. The third kappa shape index (κ3) is 4.50. The van der Waals surface area contributed by atoms with E-state index in [1.165, 1.54) is 50.5 Å². The quantitative estimate of drug-likeness (QED) is 0.783. The lowest BCUT2D eigenvalue weighted by Crippen LogP contribution is -2.34. The fourth-order valence-corrected chi connectivity index (χ4v) is 4.30. The van der Waals surface area contributed by atoms with Crippen molar-refractivity contribution in [2.24, 2.45) is 0 Å². The van der Waals surface area contributed by atoms with Crippen LogP contribution in [0, 0.1) is 0 Å². The van der Waals surface area contributed by atoms with Gasteiger partial charge in [0.05, 0.1) is 5.75 Å². The first-order chi connectivity index (χ1) is 10.3. The van der Waals surface area contributed by atoms with Crippen molar-refractivity contribution < 1.29 is 4.79 Å². The Morgan fingerprint density at radius 1 is 1.05 bits per heavy atom. The predicted molar refractivity (Wildman–Crippen MR) is 89.3 cm³/mol. The molecule has 3 rings (SSSR count). The molecule has 0 spiro atoms. The summed E-state index contributed by atoms with van der Waals surface area (Å²) in [6.07, 6.45) is 9.07. The fourth-order valence-electron chi connectivity index (χ4n) is 3.09. The molecule has 1 aromatic carbocycles. The van der Waals surface area contributed by atoms with Gasteiger partial charge in [-0.3, -0.25) is 4.79 Å². The Labute approximate surface area is 132 Å². The molecule has 0 heterocycles. The van der Waals surface area contributed by atoms with Gasteiger partial charge in [0.25, 0.3) is 0 Å². The van der Waals surface area contributed by atoms with Crippen molar-refractivity contribution in [1.82, 2.24) is 4.90 Å². The minimum atomic E-state index is 0.344. The van der Waals surface area contributed by atoms with Crippen LogP contribution < -0.4 is 0 Å². The molecule has 0 aromatic heterocycles. The standard InChI is InChI=1S/C18H25NOS/c20-18(14-21-17-9-5-2-6-10-17)19(16-11-12-16)13-15-7-3-1-4-8-15/h1,3-4,7-8,16-17H,2,5-6,9-14H2. The maximum atomic E-state index is 12.6. The monoisotopic (exact) mass is 303 g/mol. The van der Waals surface area contributed by atoms with Crippen molar-refractivity contribution in [2.45, 2.75) is 62.8 Å². The van der Waals surface area contributed by atoms with Crippen LogP contribution in [-0.4, -0.2) is 27.9 Å². The van der Waals surface area contributed by atoms with Crippen LogP contribution in [0.4, 0.5) is 0 Å². The highest BCUT2D eigenvalue weighted by Crippen LogP contribution is 2.31. The largest absolute Gasteiger partial charge is 0.335 e. The Morgan fingerprint density at radius 2 is 1.76 bits per heavy atom. The molecule has 1 aromatic rings. The van der Waals surface area contributed by atoms with Gasteiger partial charge in [-0.2, -0.15) is 0 Å². The second-order valence-corrected chi connectivity index (χ2v) is 7.60. The smallest absolute Gasteiger partial charge is 0.233 e. The molecule has 114 valence electrons. The average molecular weight is 303 g/mol. The van der Waals surface area contributed by atoms with Gasteiger partial charge in [0.2, 0.25) is 5.91 Å². The number of benzene rings is 1. The highest BCUT2D eigenvalue weighted by Gasteiger charge is 2.32. The molecule has 0 bridgehead atoms. The van der Waals surface area contributed by atoms with E-state index in [9.17, 15) is 4.79 Å². The summed E-state index contributed by atoms with van der Waals surface area (Å²) in [6.45, 7) is 0.787. The summed E-state index contributed by atoms with van der Waals surface area (Å²) in [6, 6.07) is 10.9. The molecule has 1 amide bonds. The number of thioether (sulfide) groups is 1. The summed E-state index contributed by atoms with van der Waals surface area (Å²) in [4.78, 5) is 14.7. The number of rotatable bonds is 6. The predicted octanol–water partition coefficient (Wildman–Crippen LogP) is 4.24. The van der Waals surface area contributed by atoms with Gasteiger partial charge in [-0.15, -0.1) is 11.8 Å². The first kappa shape index (κ1) is 15.0. The molecule has 0 aliphatic heterocycles. The van der Waals surface area contributed by atoms with Crippen molar-refractivity contribution in [3.63, 3.8) is 0 Å². The van der Waals surface area contributed by atoms with E-state index >= 15 is 0 Å². The van der Waals surface area contributed by atoms with Crippen LogP contribution in [0.3, 0.4) is 0 Å². The minimum absolute atomic E-state index is 0.344. The lowest BCUT2D eigenvalue weighted by atomic mass is 10.0.